The van der Waals surface area contributed by atoms with Crippen molar-refractivity contribution in [2.45, 2.75) is 11.3 Å². The first kappa shape index (κ1) is 18.5. The number of benzene rings is 2. The lowest BCUT2D eigenvalue weighted by molar-refractivity contribution is 0.502. The summed E-state index contributed by atoms with van der Waals surface area (Å²) in [6.07, 6.45) is 0.620. The van der Waals surface area contributed by atoms with Crippen molar-refractivity contribution in [2.24, 2.45) is 5.14 Å². The Morgan fingerprint density at radius 2 is 1.74 bits per heavy atom. The number of allylic oxidation sites excluding steroid dienone is 1. The second kappa shape index (κ2) is 6.96. The average molecular weight is 438 g/mol. The molecule has 8 heteroatoms. The highest BCUT2D eigenvalue weighted by Crippen LogP contribution is 2.44. The second-order valence-electron chi connectivity index (χ2n) is 6.00. The maximum absolute atomic E-state index is 11.5. The average Bonchev–Trinajstić information content (AvgIpc) is 2.98. The molecule has 0 fully saturated rings. The summed E-state index contributed by atoms with van der Waals surface area (Å²) in [6.45, 7) is 0. The molecule has 0 saturated carbocycles. The Morgan fingerprint density at radius 3 is 2.37 bits per heavy atom. The Hall–Kier alpha value is -1.83. The lowest BCUT2D eigenvalue weighted by Gasteiger charge is -2.24. The zero-order valence-corrected chi connectivity index (χ0v) is 16.9. The number of para-hydroxylation sites is 1. The van der Waals surface area contributed by atoms with E-state index in [4.69, 9.17) is 33.1 Å². The molecule has 1 aliphatic rings. The van der Waals surface area contributed by atoms with Gasteiger partial charge in [-0.05, 0) is 42.0 Å². The molecule has 2 heterocycles. The largest absolute Gasteiger partial charge is 0.456 e. The van der Waals surface area contributed by atoms with E-state index < -0.39 is 10.0 Å². The molecule has 0 unspecified atom stereocenters. The van der Waals surface area contributed by atoms with E-state index >= 15 is 0 Å². The van der Waals surface area contributed by atoms with Gasteiger partial charge in [0.2, 0.25) is 10.0 Å². The SMILES string of the molecule is NS(=O)(=O)c1ccc(C2=C(c3cc(Cl)sc3Cl)Cc3ccccc3O2)cc1. The maximum Gasteiger partial charge on any atom is 0.238 e. The first-order chi connectivity index (χ1) is 12.8. The first-order valence-electron chi connectivity index (χ1n) is 7.90. The summed E-state index contributed by atoms with van der Waals surface area (Å²) in [5.41, 5.74) is 3.47. The van der Waals surface area contributed by atoms with E-state index in [9.17, 15) is 8.42 Å². The number of hydrogen-bond acceptors (Lipinski definition) is 4. The fourth-order valence-corrected chi connectivity index (χ4v) is 5.02. The van der Waals surface area contributed by atoms with Crippen molar-refractivity contribution in [3.8, 4) is 5.75 Å². The van der Waals surface area contributed by atoms with Crippen LogP contribution in [0.4, 0.5) is 0 Å². The standard InChI is InChI=1S/C19H13Cl2NO3S2/c20-17-10-15(19(21)26-17)14-9-12-3-1-2-4-16(12)25-18(14)11-5-7-13(8-6-11)27(22,23)24/h1-8,10H,9H2,(H2,22,23,24). The molecule has 0 aliphatic carbocycles. The molecule has 3 aromatic rings. The molecule has 0 bridgehead atoms. The summed E-state index contributed by atoms with van der Waals surface area (Å²) in [7, 11) is -3.76. The van der Waals surface area contributed by atoms with Crippen LogP contribution in [0.3, 0.4) is 0 Å². The normalized spacial score (nSPS) is 14.0. The van der Waals surface area contributed by atoms with Gasteiger partial charge in [-0.15, -0.1) is 11.3 Å². The molecule has 4 rings (SSSR count). The molecule has 138 valence electrons. The van der Waals surface area contributed by atoms with Crippen LogP contribution in [0.2, 0.25) is 8.67 Å². The Kier molecular flexibility index (Phi) is 4.78. The van der Waals surface area contributed by atoms with E-state index in [0.717, 1.165) is 28.0 Å². The summed E-state index contributed by atoms with van der Waals surface area (Å²) >= 11 is 13.8. The highest BCUT2D eigenvalue weighted by atomic mass is 35.5. The molecular weight excluding hydrogens is 425 g/mol. The summed E-state index contributed by atoms with van der Waals surface area (Å²) in [5.74, 6) is 1.37. The predicted molar refractivity (Wildman–Crippen MR) is 110 cm³/mol. The predicted octanol–water partition coefficient (Wildman–Crippen LogP) is 5.21. The van der Waals surface area contributed by atoms with Crippen LogP contribution >= 0.6 is 34.5 Å². The van der Waals surface area contributed by atoms with Crippen LogP contribution in [0.15, 0.2) is 59.5 Å². The Labute approximate surface area is 170 Å². The lowest BCUT2D eigenvalue weighted by Crippen LogP contribution is -2.12. The number of sulfonamides is 1. The van der Waals surface area contributed by atoms with Gasteiger partial charge >= 0.3 is 0 Å². The number of thiophene rings is 1. The number of rotatable bonds is 3. The summed E-state index contributed by atoms with van der Waals surface area (Å²) < 4.78 is 30.4. The highest BCUT2D eigenvalue weighted by Gasteiger charge is 2.25. The smallest absolute Gasteiger partial charge is 0.238 e. The molecule has 0 radical (unpaired) electrons. The zero-order chi connectivity index (χ0) is 19.2. The minimum Gasteiger partial charge on any atom is -0.456 e. The number of ether oxygens (including phenoxy) is 1. The van der Waals surface area contributed by atoms with E-state index in [1.807, 2.05) is 30.3 Å². The molecule has 0 saturated heterocycles. The number of fused-ring (bicyclic) bond motifs is 1. The van der Waals surface area contributed by atoms with Crippen LogP contribution in [0, 0.1) is 0 Å². The van der Waals surface area contributed by atoms with Gasteiger partial charge in [0.1, 0.15) is 15.8 Å². The van der Waals surface area contributed by atoms with Crippen molar-refractivity contribution in [3.63, 3.8) is 0 Å². The van der Waals surface area contributed by atoms with E-state index in [1.54, 1.807) is 12.1 Å². The van der Waals surface area contributed by atoms with E-state index in [0.29, 0.717) is 20.9 Å². The molecule has 2 aromatic carbocycles. The van der Waals surface area contributed by atoms with Crippen LogP contribution in [-0.2, 0) is 16.4 Å². The van der Waals surface area contributed by atoms with Crippen LogP contribution in [0.5, 0.6) is 5.75 Å². The molecule has 4 nitrogen and oxygen atoms in total. The van der Waals surface area contributed by atoms with Gasteiger partial charge in [-0.1, -0.05) is 41.4 Å². The Bertz CT molecular complexity index is 1170. The van der Waals surface area contributed by atoms with Crippen molar-refractivity contribution >= 4 is 55.9 Å². The van der Waals surface area contributed by atoms with Crippen molar-refractivity contribution < 1.29 is 13.2 Å². The lowest BCUT2D eigenvalue weighted by atomic mass is 9.93. The van der Waals surface area contributed by atoms with Crippen LogP contribution in [0.25, 0.3) is 11.3 Å². The summed E-state index contributed by atoms with van der Waals surface area (Å²) in [6, 6.07) is 15.8. The fourth-order valence-electron chi connectivity index (χ4n) is 2.98. The molecular formula is C19H13Cl2NO3S2. The molecule has 1 aliphatic heterocycles. The van der Waals surface area contributed by atoms with E-state index in [2.05, 4.69) is 0 Å². The van der Waals surface area contributed by atoms with Crippen LogP contribution < -0.4 is 9.88 Å². The number of halogens is 2. The van der Waals surface area contributed by atoms with Gasteiger partial charge in [-0.3, -0.25) is 0 Å². The van der Waals surface area contributed by atoms with Gasteiger partial charge in [0.25, 0.3) is 0 Å². The summed E-state index contributed by atoms with van der Waals surface area (Å²) in [4.78, 5) is 0.0428. The first-order valence-corrected chi connectivity index (χ1v) is 11.0. The third-order valence-corrected chi connectivity index (χ3v) is 6.67. The molecule has 27 heavy (non-hydrogen) atoms. The molecule has 2 N–H and O–H groups in total. The minimum absolute atomic E-state index is 0.0428. The highest BCUT2D eigenvalue weighted by molar-refractivity contribution is 7.89. The van der Waals surface area contributed by atoms with E-state index in [1.165, 1.54) is 23.5 Å². The van der Waals surface area contributed by atoms with Crippen molar-refractivity contribution in [3.05, 3.63) is 80.0 Å². The van der Waals surface area contributed by atoms with Gasteiger partial charge < -0.3 is 4.74 Å². The van der Waals surface area contributed by atoms with Crippen LogP contribution in [0.1, 0.15) is 16.7 Å². The minimum atomic E-state index is -3.76. The van der Waals surface area contributed by atoms with Crippen LogP contribution in [-0.4, -0.2) is 8.42 Å². The third kappa shape index (κ3) is 3.63. The number of hydrogen-bond donors (Lipinski definition) is 1. The Morgan fingerprint density at radius 1 is 1.04 bits per heavy atom. The van der Waals surface area contributed by atoms with E-state index in [-0.39, 0.29) is 4.90 Å². The zero-order valence-electron chi connectivity index (χ0n) is 13.8. The summed E-state index contributed by atoms with van der Waals surface area (Å²) in [5, 5.41) is 5.19. The Balaban J connectivity index is 1.88. The van der Waals surface area contributed by atoms with Gasteiger partial charge in [0.05, 0.1) is 9.23 Å². The monoisotopic (exact) mass is 437 g/mol. The van der Waals surface area contributed by atoms with Gasteiger partial charge in [0.15, 0.2) is 0 Å². The molecule has 0 atom stereocenters. The quantitative estimate of drug-likeness (QED) is 0.611. The van der Waals surface area contributed by atoms with Gasteiger partial charge in [0, 0.05) is 23.1 Å². The molecule has 0 amide bonds. The fraction of sp³-hybridized carbons (Fsp3) is 0.0526. The van der Waals surface area contributed by atoms with Crippen molar-refractivity contribution in [1.29, 1.82) is 0 Å². The number of primary sulfonamides is 1. The van der Waals surface area contributed by atoms with Gasteiger partial charge in [-0.2, -0.15) is 0 Å². The molecule has 0 spiro atoms. The topological polar surface area (TPSA) is 69.4 Å². The van der Waals surface area contributed by atoms with Crippen molar-refractivity contribution in [2.75, 3.05) is 0 Å². The number of nitrogens with two attached hydrogens (primary N) is 1. The second-order valence-corrected chi connectivity index (χ2v) is 9.85. The van der Waals surface area contributed by atoms with Crippen molar-refractivity contribution in [1.82, 2.24) is 0 Å². The maximum atomic E-state index is 11.5. The third-order valence-electron chi connectivity index (χ3n) is 4.25. The van der Waals surface area contributed by atoms with Gasteiger partial charge in [-0.25, -0.2) is 13.6 Å². The molecule has 1 aromatic heterocycles.